The molecule has 0 spiro atoms. The number of Topliss-reactive ketones (excluding diaryl/α,β-unsaturated/α-hetero) is 2. The number of nitrogens with one attached hydrogen (secondary N) is 3. The number of fused-ring (bicyclic) bond motifs is 2. The molecule has 1 saturated heterocycles. The van der Waals surface area contributed by atoms with E-state index in [0.717, 1.165) is 34.9 Å². The van der Waals surface area contributed by atoms with Crippen molar-refractivity contribution in [3.63, 3.8) is 0 Å². The number of phosphoric ester groups is 1. The molecule has 4 aliphatic rings. The van der Waals surface area contributed by atoms with Gasteiger partial charge >= 0.3 is 13.8 Å². The summed E-state index contributed by atoms with van der Waals surface area (Å²) in [5.74, 6) is -2.50. The SMILES string of the molecule is CC[C@H](NC(=O)[C@H]1CCCN1C1=C(C=C2N(C)c3ccccc3C2(C)C)C(=O)C1=CC1=[N+](C)c2ccccc2C1(C)C)C(=O)CCCCCC(=O)NC(COP(=O)(OC(C)(C)C)OC(C)(C)C)C(=O)NCCCCC(=O)O. The number of unbranched alkanes of at least 4 members (excludes halogenated alkanes) is 3. The molecule has 3 heterocycles. The summed E-state index contributed by atoms with van der Waals surface area (Å²) < 4.78 is 33.0. The minimum absolute atomic E-state index is 0.0187. The highest BCUT2D eigenvalue weighted by Crippen LogP contribution is 2.55. The normalized spacial score (nSPS) is 19.8. The minimum Gasteiger partial charge on any atom is -0.481 e. The Morgan fingerprint density at radius 3 is 2.08 bits per heavy atom. The lowest BCUT2D eigenvalue weighted by atomic mass is 9.76. The Kier molecular flexibility index (Phi) is 19.3. The molecule has 1 fully saturated rings. The summed E-state index contributed by atoms with van der Waals surface area (Å²) in [4.78, 5) is 84.8. The third-order valence-electron chi connectivity index (χ3n) is 14.7. The van der Waals surface area contributed by atoms with E-state index in [0.29, 0.717) is 62.6 Å². The molecule has 2 aromatic rings. The topological polar surface area (TPSA) is 213 Å². The van der Waals surface area contributed by atoms with Crippen LogP contribution in [0.2, 0.25) is 0 Å². The quantitative estimate of drug-likeness (QED) is 0.0316. The van der Waals surface area contributed by atoms with Crippen molar-refractivity contribution < 1.29 is 56.6 Å². The number of benzene rings is 2. The number of anilines is 1. The number of likely N-dealkylation sites (N-methyl/N-ethyl adjacent to an activating group) is 1. The number of likely N-dealkylation sites (tertiary alicyclic amines) is 1. The molecule has 420 valence electrons. The zero-order valence-electron chi connectivity index (χ0n) is 47.7. The van der Waals surface area contributed by atoms with Crippen LogP contribution in [0.15, 0.2) is 83.2 Å². The molecule has 77 heavy (non-hydrogen) atoms. The standard InChI is InChI=1S/C59H83N6O11P/c1-14-42(47(66)30-16-15-17-31-50(67)61-43(54(71)60-33-23-22-32-51(68)69)37-74-77(73,75-56(2,3)4)76-57(5,6)7)62-55(72)46-29-24-34-65(46)52-38(35-48-58(8,9)40-25-18-20-27-44(40)63(48)12)53(70)39(52)36-49-59(10,11)41-26-19-21-28-45(41)64(49)13/h18-21,25-28,35-36,42-43,46H,14-17,22-24,29-34,37H2,1-13H3,(H3-,60,61,62,67,68,69,71,72)/p+1/t42-,43?,46+/m0/s1. The zero-order valence-corrected chi connectivity index (χ0v) is 48.6. The predicted octanol–water partition coefficient (Wildman–Crippen LogP) is 9.26. The van der Waals surface area contributed by atoms with E-state index in [-0.39, 0.29) is 43.3 Å². The highest BCUT2D eigenvalue weighted by Gasteiger charge is 2.49. The number of para-hydroxylation sites is 2. The van der Waals surface area contributed by atoms with Gasteiger partial charge in [0.15, 0.2) is 17.3 Å². The number of allylic oxidation sites excluding steroid dienone is 5. The average molecular weight is 1080 g/mol. The van der Waals surface area contributed by atoms with Crippen LogP contribution in [0.25, 0.3) is 0 Å². The van der Waals surface area contributed by atoms with Crippen molar-refractivity contribution >= 4 is 60.2 Å². The molecule has 0 radical (unpaired) electrons. The summed E-state index contributed by atoms with van der Waals surface area (Å²) in [6.45, 7) is 20.8. The molecular weight excluding hydrogens is 1000 g/mol. The number of carboxylic acids is 1. The highest BCUT2D eigenvalue weighted by atomic mass is 31.2. The number of ketones is 2. The fourth-order valence-electron chi connectivity index (χ4n) is 10.8. The third kappa shape index (κ3) is 14.5. The Morgan fingerprint density at radius 1 is 0.831 bits per heavy atom. The number of hydrogen-bond acceptors (Lipinski definition) is 12. The second-order valence-electron chi connectivity index (χ2n) is 23.7. The summed E-state index contributed by atoms with van der Waals surface area (Å²) in [7, 11) is -0.193. The van der Waals surface area contributed by atoms with Crippen LogP contribution >= 0.6 is 7.82 Å². The van der Waals surface area contributed by atoms with Crippen molar-refractivity contribution in [3.05, 3.63) is 94.4 Å². The van der Waals surface area contributed by atoms with Gasteiger partial charge in [0.25, 0.3) is 0 Å². The fourth-order valence-corrected chi connectivity index (χ4v) is 12.6. The minimum atomic E-state index is -4.25. The molecular formula is C59H84N6O11P+. The first-order valence-corrected chi connectivity index (χ1v) is 28.8. The number of carbonyl (C=O) groups excluding carboxylic acids is 5. The van der Waals surface area contributed by atoms with Crippen LogP contribution < -0.4 is 20.9 Å². The van der Waals surface area contributed by atoms with Crippen molar-refractivity contribution in [3.8, 4) is 0 Å². The van der Waals surface area contributed by atoms with Gasteiger partial charge in [0.1, 0.15) is 19.1 Å². The van der Waals surface area contributed by atoms with E-state index in [9.17, 15) is 33.3 Å². The Bertz CT molecular complexity index is 2760. The number of nitrogens with zero attached hydrogens (tertiary/aromatic N) is 3. The first kappa shape index (κ1) is 60.5. The van der Waals surface area contributed by atoms with Crippen LogP contribution in [0.3, 0.4) is 0 Å². The largest absolute Gasteiger partial charge is 0.481 e. The molecule has 0 aromatic heterocycles. The molecule has 18 heteroatoms. The zero-order chi connectivity index (χ0) is 56.8. The smallest absolute Gasteiger partial charge is 0.475 e. The number of aliphatic carboxylic acids is 1. The Labute approximate surface area is 455 Å². The van der Waals surface area contributed by atoms with Crippen LogP contribution in [0.4, 0.5) is 11.4 Å². The van der Waals surface area contributed by atoms with Crippen molar-refractivity contribution in [2.45, 2.75) is 187 Å². The molecule has 17 nitrogen and oxygen atoms in total. The Hall–Kier alpha value is -5.74. The molecule has 0 bridgehead atoms. The van der Waals surface area contributed by atoms with Gasteiger partial charge in [-0.05, 0) is 118 Å². The van der Waals surface area contributed by atoms with Gasteiger partial charge in [-0.25, -0.2) is 4.57 Å². The van der Waals surface area contributed by atoms with Crippen LogP contribution in [0, 0.1) is 0 Å². The van der Waals surface area contributed by atoms with Crippen LogP contribution in [-0.2, 0) is 57.7 Å². The van der Waals surface area contributed by atoms with E-state index in [1.165, 1.54) is 11.1 Å². The van der Waals surface area contributed by atoms with Crippen LogP contribution in [0.1, 0.15) is 158 Å². The maximum absolute atomic E-state index is 14.7. The first-order chi connectivity index (χ1) is 36.0. The molecule has 4 N–H and O–H groups in total. The van der Waals surface area contributed by atoms with Crippen molar-refractivity contribution in [2.24, 2.45) is 0 Å². The lowest BCUT2D eigenvalue weighted by molar-refractivity contribution is -0.401. The van der Waals surface area contributed by atoms with Gasteiger partial charge in [-0.1, -0.05) is 63.6 Å². The monoisotopic (exact) mass is 1080 g/mol. The lowest BCUT2D eigenvalue weighted by Crippen LogP contribution is -2.50. The van der Waals surface area contributed by atoms with Crippen molar-refractivity contribution in [1.82, 2.24) is 20.9 Å². The molecule has 3 amide bonds. The van der Waals surface area contributed by atoms with Gasteiger partial charge in [0.05, 0.1) is 40.5 Å². The van der Waals surface area contributed by atoms with Gasteiger partial charge in [0.2, 0.25) is 23.4 Å². The van der Waals surface area contributed by atoms with E-state index in [1.807, 2.05) is 57.4 Å². The summed E-state index contributed by atoms with van der Waals surface area (Å²) in [6.07, 6.45) is 7.89. The van der Waals surface area contributed by atoms with Gasteiger partial charge in [-0.3, -0.25) is 42.3 Å². The predicted molar refractivity (Wildman–Crippen MR) is 298 cm³/mol. The van der Waals surface area contributed by atoms with Crippen molar-refractivity contribution in [1.29, 1.82) is 0 Å². The lowest BCUT2D eigenvalue weighted by Gasteiger charge is -2.37. The summed E-state index contributed by atoms with van der Waals surface area (Å²) in [5, 5.41) is 17.4. The van der Waals surface area contributed by atoms with E-state index in [4.69, 9.17) is 18.7 Å². The highest BCUT2D eigenvalue weighted by molar-refractivity contribution is 7.48. The number of amides is 3. The van der Waals surface area contributed by atoms with Crippen molar-refractivity contribution in [2.75, 3.05) is 38.7 Å². The Balaban J connectivity index is 1.11. The third-order valence-corrected chi connectivity index (χ3v) is 16.7. The number of hydrogen-bond donors (Lipinski definition) is 4. The number of rotatable bonds is 25. The van der Waals surface area contributed by atoms with E-state index in [1.54, 1.807) is 41.5 Å². The molecule has 0 saturated carbocycles. The van der Waals surface area contributed by atoms with E-state index in [2.05, 4.69) is 82.3 Å². The summed E-state index contributed by atoms with van der Waals surface area (Å²) >= 11 is 0. The maximum Gasteiger partial charge on any atom is 0.475 e. The molecule has 1 aliphatic carbocycles. The summed E-state index contributed by atoms with van der Waals surface area (Å²) in [6, 6.07) is 13.9. The number of carboxylic acid groups (broad SMARTS) is 1. The fraction of sp³-hybridized carbons (Fsp3) is 0.576. The van der Waals surface area contributed by atoms with Gasteiger partial charge < -0.3 is 30.9 Å². The van der Waals surface area contributed by atoms with Gasteiger partial charge in [-0.15, -0.1) is 0 Å². The molecule has 3 atom stereocenters. The van der Waals surface area contributed by atoms with Gasteiger partial charge in [-0.2, -0.15) is 4.58 Å². The average Bonchev–Trinajstić information content (AvgIpc) is 3.96. The molecule has 1 unspecified atom stereocenters. The second-order valence-corrected chi connectivity index (χ2v) is 25.2. The number of carbonyl (C=O) groups is 6. The summed E-state index contributed by atoms with van der Waals surface area (Å²) in [5.41, 5.74) is 5.67. The molecule has 2 aromatic carbocycles. The Morgan fingerprint density at radius 2 is 1.45 bits per heavy atom. The van der Waals surface area contributed by atoms with E-state index >= 15 is 0 Å². The van der Waals surface area contributed by atoms with Crippen LogP contribution in [-0.4, -0.2) is 119 Å². The molecule has 6 rings (SSSR count). The maximum atomic E-state index is 14.7. The molecule has 3 aliphatic heterocycles. The second kappa shape index (κ2) is 24.5. The van der Waals surface area contributed by atoms with Gasteiger partial charge in [0, 0.05) is 79.5 Å². The van der Waals surface area contributed by atoms with Crippen LogP contribution in [0.5, 0.6) is 0 Å². The van der Waals surface area contributed by atoms with E-state index < -0.39 is 72.4 Å². The first-order valence-electron chi connectivity index (χ1n) is 27.3. The number of phosphoric acid groups is 1.